The van der Waals surface area contributed by atoms with Gasteiger partial charge in [-0.2, -0.15) is 12.7 Å². The Bertz CT molecular complexity index is 1170. The summed E-state index contributed by atoms with van der Waals surface area (Å²) in [5.41, 5.74) is 0.922. The van der Waals surface area contributed by atoms with Crippen LogP contribution >= 0.6 is 15.9 Å². The highest BCUT2D eigenvalue weighted by Crippen LogP contribution is 2.22. The van der Waals surface area contributed by atoms with Crippen LogP contribution in [-0.4, -0.2) is 62.2 Å². The molecule has 3 rings (SSSR count). The van der Waals surface area contributed by atoms with Crippen LogP contribution in [0.1, 0.15) is 38.2 Å². The number of anilines is 1. The molecule has 0 aromatic heterocycles. The molecule has 0 unspecified atom stereocenters. The van der Waals surface area contributed by atoms with Gasteiger partial charge in [0.05, 0.1) is 5.69 Å². The second kappa shape index (κ2) is 12.2. The Morgan fingerprint density at radius 3 is 2.33 bits per heavy atom. The topological polar surface area (TPSA) is 90.0 Å². The Morgan fingerprint density at radius 1 is 1.11 bits per heavy atom. The van der Waals surface area contributed by atoms with Gasteiger partial charge in [0.1, 0.15) is 18.4 Å². The van der Waals surface area contributed by atoms with Gasteiger partial charge in [-0.15, -0.1) is 0 Å². The molecule has 2 aromatic rings. The van der Waals surface area contributed by atoms with E-state index < -0.39 is 34.5 Å². The molecule has 1 saturated carbocycles. The third-order valence-electron chi connectivity index (χ3n) is 6.24. The summed E-state index contributed by atoms with van der Waals surface area (Å²) in [5.74, 6) is -1.37. The summed E-state index contributed by atoms with van der Waals surface area (Å²) in [6.45, 7) is 1.20. The van der Waals surface area contributed by atoms with Crippen molar-refractivity contribution < 1.29 is 22.4 Å². The highest BCUT2D eigenvalue weighted by atomic mass is 79.9. The quantitative estimate of drug-likeness (QED) is 0.462. The Morgan fingerprint density at radius 2 is 1.75 bits per heavy atom. The highest BCUT2D eigenvalue weighted by molar-refractivity contribution is 9.10. The van der Waals surface area contributed by atoms with Crippen molar-refractivity contribution in [3.05, 3.63) is 64.4 Å². The summed E-state index contributed by atoms with van der Waals surface area (Å²) >= 11 is 3.43. The van der Waals surface area contributed by atoms with Crippen molar-refractivity contribution >= 4 is 43.6 Å². The Balaban J connectivity index is 1.92. The van der Waals surface area contributed by atoms with E-state index in [0.717, 1.165) is 56.5 Å². The zero-order valence-electron chi connectivity index (χ0n) is 20.7. The summed E-state index contributed by atoms with van der Waals surface area (Å²) in [6, 6.07) is 11.5. The summed E-state index contributed by atoms with van der Waals surface area (Å²) < 4.78 is 42.5. The molecular formula is C25H32BrFN4O4S. The van der Waals surface area contributed by atoms with E-state index >= 15 is 0 Å². The van der Waals surface area contributed by atoms with E-state index in [9.17, 15) is 22.4 Å². The molecule has 1 N–H and O–H groups in total. The molecule has 1 atom stereocenters. The Labute approximate surface area is 220 Å². The lowest BCUT2D eigenvalue weighted by Gasteiger charge is -2.33. The van der Waals surface area contributed by atoms with Gasteiger partial charge in [-0.3, -0.25) is 9.59 Å². The number of rotatable bonds is 10. The molecule has 0 bridgehead atoms. The first-order chi connectivity index (χ1) is 17.0. The molecule has 11 heteroatoms. The molecule has 2 aromatic carbocycles. The van der Waals surface area contributed by atoms with Crippen LogP contribution in [0.15, 0.2) is 53.0 Å². The first kappa shape index (κ1) is 28.1. The number of nitrogens with one attached hydrogen (secondary N) is 1. The largest absolute Gasteiger partial charge is 0.352 e. The number of hydrogen-bond donors (Lipinski definition) is 1. The first-order valence-electron chi connectivity index (χ1n) is 11.8. The zero-order valence-corrected chi connectivity index (χ0v) is 23.1. The molecule has 0 heterocycles. The number of hydrogen-bond acceptors (Lipinski definition) is 4. The molecule has 8 nitrogen and oxygen atoms in total. The standard InChI is InChI=1S/C25H32BrFN4O4S/c1-18(25(33)28-22-9-4-5-10-22)30(16-19-7-6-8-20(26)15-19)24(32)17-31(36(34,35)29(2)3)23-13-11-21(27)12-14-23/h6-8,11-15,18,22H,4-5,9-10,16-17H2,1-3H3,(H,28,33)/t18-/m1/s1. The predicted molar refractivity (Wildman–Crippen MR) is 141 cm³/mol. The van der Waals surface area contributed by atoms with Gasteiger partial charge in [-0.25, -0.2) is 8.70 Å². The van der Waals surface area contributed by atoms with Crippen molar-refractivity contribution in [2.24, 2.45) is 0 Å². The number of halogens is 2. The highest BCUT2D eigenvalue weighted by Gasteiger charge is 2.33. The molecule has 0 aliphatic heterocycles. The fourth-order valence-corrected chi connectivity index (χ4v) is 5.63. The maximum absolute atomic E-state index is 13.7. The maximum atomic E-state index is 13.7. The molecule has 1 fully saturated rings. The smallest absolute Gasteiger partial charge is 0.304 e. The number of carbonyl (C=O) groups excluding carboxylic acids is 2. The molecule has 0 spiro atoms. The molecule has 2 amide bonds. The average Bonchev–Trinajstić information content (AvgIpc) is 3.34. The lowest BCUT2D eigenvalue weighted by molar-refractivity contribution is -0.139. The average molecular weight is 584 g/mol. The van der Waals surface area contributed by atoms with E-state index in [1.165, 1.54) is 31.1 Å². The van der Waals surface area contributed by atoms with Gasteiger partial charge < -0.3 is 10.2 Å². The number of benzene rings is 2. The van der Waals surface area contributed by atoms with E-state index in [4.69, 9.17) is 0 Å². The van der Waals surface area contributed by atoms with Gasteiger partial charge in [0.15, 0.2) is 0 Å². The first-order valence-corrected chi connectivity index (χ1v) is 14.0. The minimum absolute atomic E-state index is 0.0765. The van der Waals surface area contributed by atoms with Crippen LogP contribution in [0.5, 0.6) is 0 Å². The molecular weight excluding hydrogens is 551 g/mol. The van der Waals surface area contributed by atoms with Crippen molar-refractivity contribution in [1.29, 1.82) is 0 Å². The summed E-state index contributed by atoms with van der Waals surface area (Å²) in [4.78, 5) is 28.2. The van der Waals surface area contributed by atoms with Crippen LogP contribution in [-0.2, 0) is 26.3 Å². The minimum Gasteiger partial charge on any atom is -0.352 e. The van der Waals surface area contributed by atoms with Crippen LogP contribution in [0, 0.1) is 5.82 Å². The third-order valence-corrected chi connectivity index (χ3v) is 8.56. The van der Waals surface area contributed by atoms with E-state index in [1.54, 1.807) is 6.92 Å². The lowest BCUT2D eigenvalue weighted by Crippen LogP contribution is -2.53. The summed E-state index contributed by atoms with van der Waals surface area (Å²) in [6.07, 6.45) is 3.90. The summed E-state index contributed by atoms with van der Waals surface area (Å²) in [5, 5.41) is 3.03. The van der Waals surface area contributed by atoms with Gasteiger partial charge >= 0.3 is 10.2 Å². The number of amides is 2. The van der Waals surface area contributed by atoms with Crippen LogP contribution in [0.25, 0.3) is 0 Å². The number of nitrogens with zero attached hydrogens (tertiary/aromatic N) is 3. The van der Waals surface area contributed by atoms with E-state index in [1.807, 2.05) is 24.3 Å². The van der Waals surface area contributed by atoms with E-state index in [0.29, 0.717) is 0 Å². The monoisotopic (exact) mass is 582 g/mol. The van der Waals surface area contributed by atoms with Crippen molar-refractivity contribution in [3.63, 3.8) is 0 Å². The van der Waals surface area contributed by atoms with Crippen LogP contribution in [0.4, 0.5) is 10.1 Å². The van der Waals surface area contributed by atoms with Crippen molar-refractivity contribution in [2.75, 3.05) is 24.9 Å². The van der Waals surface area contributed by atoms with Crippen LogP contribution in [0.3, 0.4) is 0 Å². The molecule has 36 heavy (non-hydrogen) atoms. The van der Waals surface area contributed by atoms with Gasteiger partial charge in [0, 0.05) is 31.2 Å². The van der Waals surface area contributed by atoms with Gasteiger partial charge in [0.2, 0.25) is 11.8 Å². The second-order valence-electron chi connectivity index (χ2n) is 9.09. The lowest BCUT2D eigenvalue weighted by atomic mass is 10.1. The molecule has 1 aliphatic carbocycles. The van der Waals surface area contributed by atoms with Crippen molar-refractivity contribution in [3.8, 4) is 0 Å². The van der Waals surface area contributed by atoms with Gasteiger partial charge in [-0.1, -0.05) is 40.9 Å². The zero-order chi connectivity index (χ0) is 26.5. The predicted octanol–water partition coefficient (Wildman–Crippen LogP) is 3.68. The normalized spacial score (nSPS) is 15.1. The second-order valence-corrected chi connectivity index (χ2v) is 12.1. The van der Waals surface area contributed by atoms with Crippen molar-refractivity contribution in [1.82, 2.24) is 14.5 Å². The molecule has 1 aliphatic rings. The molecule has 196 valence electrons. The van der Waals surface area contributed by atoms with E-state index in [-0.39, 0.29) is 24.2 Å². The van der Waals surface area contributed by atoms with Gasteiger partial charge in [0.25, 0.3) is 0 Å². The minimum atomic E-state index is -4.09. The SMILES string of the molecule is C[C@H](C(=O)NC1CCCC1)N(Cc1cccc(Br)c1)C(=O)CN(c1ccc(F)cc1)S(=O)(=O)N(C)C. The van der Waals surface area contributed by atoms with E-state index in [2.05, 4.69) is 21.2 Å². The van der Waals surface area contributed by atoms with Gasteiger partial charge in [-0.05, 0) is 61.7 Å². The summed E-state index contributed by atoms with van der Waals surface area (Å²) in [7, 11) is -1.38. The Hall–Kier alpha value is -2.50. The number of carbonyl (C=O) groups is 2. The molecule has 0 radical (unpaired) electrons. The maximum Gasteiger partial charge on any atom is 0.304 e. The van der Waals surface area contributed by atoms with Crippen LogP contribution < -0.4 is 9.62 Å². The Kier molecular flexibility index (Phi) is 9.48. The van der Waals surface area contributed by atoms with Crippen molar-refractivity contribution in [2.45, 2.75) is 51.2 Å². The fourth-order valence-electron chi connectivity index (χ4n) is 4.13. The third kappa shape index (κ3) is 7.04. The van der Waals surface area contributed by atoms with Crippen LogP contribution in [0.2, 0.25) is 0 Å². The fraction of sp³-hybridized carbons (Fsp3) is 0.440. The molecule has 0 saturated heterocycles.